The molecule has 1 aromatic carbocycles. The molecule has 5 nitrogen and oxygen atoms in total. The number of carbonyl (C=O) groups excluding carboxylic acids is 2. The predicted molar refractivity (Wildman–Crippen MR) is 105 cm³/mol. The van der Waals surface area contributed by atoms with Crippen molar-refractivity contribution in [2.24, 2.45) is 11.3 Å². The van der Waals surface area contributed by atoms with Gasteiger partial charge in [-0.3, -0.25) is 9.59 Å². The lowest BCUT2D eigenvalue weighted by molar-refractivity contribution is -0.134. The topological polar surface area (TPSA) is 52.7 Å². The van der Waals surface area contributed by atoms with Crippen LogP contribution < -0.4 is 5.32 Å². The minimum atomic E-state index is 0. The summed E-state index contributed by atoms with van der Waals surface area (Å²) in [5.41, 5.74) is 2.03. The number of carbonyl (C=O) groups is 2. The summed E-state index contributed by atoms with van der Waals surface area (Å²) in [6, 6.07) is 7.61. The number of nitrogens with zero attached hydrogens (tertiary/aromatic N) is 2. The number of hydrogen-bond donors (Lipinski definition) is 1. The van der Waals surface area contributed by atoms with Gasteiger partial charge in [-0.05, 0) is 62.4 Å². The zero-order valence-corrected chi connectivity index (χ0v) is 16.8. The molecule has 26 heavy (non-hydrogen) atoms. The van der Waals surface area contributed by atoms with Crippen LogP contribution in [0.5, 0.6) is 0 Å². The van der Waals surface area contributed by atoms with E-state index < -0.39 is 0 Å². The van der Waals surface area contributed by atoms with E-state index in [0.717, 1.165) is 44.5 Å². The molecule has 1 unspecified atom stereocenters. The summed E-state index contributed by atoms with van der Waals surface area (Å²) < 4.78 is 0. The Hall–Kier alpha value is -1.59. The summed E-state index contributed by atoms with van der Waals surface area (Å²) in [5.74, 6) is 0.516. The van der Waals surface area contributed by atoms with Gasteiger partial charge in [0.2, 0.25) is 5.91 Å². The van der Waals surface area contributed by atoms with E-state index in [1.807, 2.05) is 36.1 Å². The van der Waals surface area contributed by atoms with Crippen molar-refractivity contribution in [3.05, 3.63) is 35.4 Å². The summed E-state index contributed by atoms with van der Waals surface area (Å²) in [6.45, 7) is 5.46. The summed E-state index contributed by atoms with van der Waals surface area (Å²) in [5, 5.41) is 3.39. The van der Waals surface area contributed by atoms with E-state index in [2.05, 4.69) is 5.32 Å². The molecule has 1 aliphatic heterocycles. The smallest absolute Gasteiger partial charge is 0.253 e. The normalized spacial score (nSPS) is 20.2. The first kappa shape index (κ1) is 20.7. The number of nitrogens with one attached hydrogen (secondary N) is 1. The average Bonchev–Trinajstić information content (AvgIpc) is 3.32. The highest BCUT2D eigenvalue weighted by molar-refractivity contribution is 5.93. The molecule has 3 rings (SSSR count). The second kappa shape index (κ2) is 8.40. The second-order valence-electron chi connectivity index (χ2n) is 7.62. The first-order chi connectivity index (χ1) is 12.0. The molecule has 0 radical (unpaired) electrons. The van der Waals surface area contributed by atoms with Gasteiger partial charge in [0.15, 0.2) is 0 Å². The molecule has 2 amide bonds. The summed E-state index contributed by atoms with van der Waals surface area (Å²) in [6.07, 6.45) is 3.31. The fraction of sp³-hybridized carbons (Fsp3) is 0.600. The summed E-state index contributed by atoms with van der Waals surface area (Å²) in [4.78, 5) is 28.4. The van der Waals surface area contributed by atoms with Crippen molar-refractivity contribution in [1.82, 2.24) is 15.1 Å². The van der Waals surface area contributed by atoms with E-state index in [4.69, 9.17) is 0 Å². The van der Waals surface area contributed by atoms with Crippen LogP contribution in [0.15, 0.2) is 24.3 Å². The molecule has 1 saturated heterocycles. The van der Waals surface area contributed by atoms with Crippen LogP contribution in [0, 0.1) is 11.3 Å². The van der Waals surface area contributed by atoms with Gasteiger partial charge in [0.1, 0.15) is 0 Å². The second-order valence-corrected chi connectivity index (χ2v) is 7.62. The van der Waals surface area contributed by atoms with E-state index in [-0.39, 0.29) is 29.6 Å². The maximum atomic E-state index is 12.9. The van der Waals surface area contributed by atoms with E-state index in [1.54, 1.807) is 19.0 Å². The van der Waals surface area contributed by atoms with Gasteiger partial charge in [0.25, 0.3) is 5.91 Å². The molecule has 0 bridgehead atoms. The van der Waals surface area contributed by atoms with Gasteiger partial charge in [-0.25, -0.2) is 0 Å². The van der Waals surface area contributed by atoms with E-state index in [1.165, 1.54) is 0 Å². The van der Waals surface area contributed by atoms with Crippen molar-refractivity contribution in [3.8, 4) is 0 Å². The van der Waals surface area contributed by atoms with Gasteiger partial charge in [-0.2, -0.15) is 0 Å². The van der Waals surface area contributed by atoms with E-state index >= 15 is 0 Å². The van der Waals surface area contributed by atoms with Crippen molar-refractivity contribution in [2.75, 3.05) is 33.7 Å². The van der Waals surface area contributed by atoms with Crippen molar-refractivity contribution < 1.29 is 9.59 Å². The summed E-state index contributed by atoms with van der Waals surface area (Å²) in [7, 11) is 3.50. The van der Waals surface area contributed by atoms with Crippen molar-refractivity contribution in [1.29, 1.82) is 0 Å². The minimum Gasteiger partial charge on any atom is -0.345 e. The van der Waals surface area contributed by atoms with Crippen LogP contribution >= 0.6 is 12.4 Å². The van der Waals surface area contributed by atoms with Gasteiger partial charge in [0.05, 0.1) is 0 Å². The van der Waals surface area contributed by atoms with Gasteiger partial charge < -0.3 is 15.1 Å². The average molecular weight is 380 g/mol. The Morgan fingerprint density at radius 3 is 2.31 bits per heavy atom. The molecule has 1 saturated carbocycles. The molecule has 2 aliphatic rings. The molecule has 1 spiro atoms. The highest BCUT2D eigenvalue weighted by Gasteiger charge is 2.58. The van der Waals surface area contributed by atoms with Gasteiger partial charge in [-0.15, -0.1) is 12.4 Å². The van der Waals surface area contributed by atoms with E-state index in [9.17, 15) is 9.59 Å². The molecule has 1 N–H and O–H groups in total. The van der Waals surface area contributed by atoms with Crippen LogP contribution in [0.1, 0.15) is 42.1 Å². The quantitative estimate of drug-likeness (QED) is 0.855. The van der Waals surface area contributed by atoms with Crippen molar-refractivity contribution in [3.63, 3.8) is 0 Å². The molecule has 1 aliphatic carbocycles. The molecule has 0 aromatic heterocycles. The Morgan fingerprint density at radius 1 is 1.15 bits per heavy atom. The van der Waals surface area contributed by atoms with Crippen LogP contribution in [0.2, 0.25) is 0 Å². The van der Waals surface area contributed by atoms with Crippen LogP contribution in [0.3, 0.4) is 0 Å². The Bertz CT molecular complexity index is 639. The maximum Gasteiger partial charge on any atom is 0.253 e. The van der Waals surface area contributed by atoms with Crippen LogP contribution in [0.25, 0.3) is 0 Å². The Morgan fingerprint density at radius 2 is 1.77 bits per heavy atom. The fourth-order valence-corrected chi connectivity index (χ4v) is 3.97. The van der Waals surface area contributed by atoms with Crippen LogP contribution in [-0.2, 0) is 11.3 Å². The zero-order chi connectivity index (χ0) is 18.0. The van der Waals surface area contributed by atoms with Gasteiger partial charge in [-0.1, -0.05) is 12.1 Å². The number of halogens is 1. The molecule has 144 valence electrons. The Labute approximate surface area is 162 Å². The Kier molecular flexibility index (Phi) is 6.69. The number of benzene rings is 1. The third-order valence-electron chi connectivity index (χ3n) is 5.76. The fourth-order valence-electron chi connectivity index (χ4n) is 3.97. The molecule has 6 heteroatoms. The predicted octanol–water partition coefficient (Wildman–Crippen LogP) is 2.55. The summed E-state index contributed by atoms with van der Waals surface area (Å²) >= 11 is 0. The van der Waals surface area contributed by atoms with E-state index in [0.29, 0.717) is 18.0 Å². The Balaban J connectivity index is 0.00000243. The van der Waals surface area contributed by atoms with Gasteiger partial charge >= 0.3 is 0 Å². The largest absolute Gasteiger partial charge is 0.345 e. The van der Waals surface area contributed by atoms with Crippen molar-refractivity contribution in [2.45, 2.75) is 32.7 Å². The first-order valence-electron chi connectivity index (χ1n) is 9.27. The molecule has 2 fully saturated rings. The molecule has 1 aromatic rings. The molecular weight excluding hydrogens is 350 g/mol. The van der Waals surface area contributed by atoms with Crippen molar-refractivity contribution >= 4 is 24.2 Å². The zero-order valence-electron chi connectivity index (χ0n) is 16.0. The third-order valence-corrected chi connectivity index (χ3v) is 5.76. The van der Waals surface area contributed by atoms with Gasteiger partial charge in [0, 0.05) is 38.7 Å². The first-order valence-corrected chi connectivity index (χ1v) is 9.27. The number of rotatable bonds is 5. The lowest BCUT2D eigenvalue weighted by Gasteiger charge is -2.26. The lowest BCUT2D eigenvalue weighted by Crippen LogP contribution is -2.36. The molecule has 1 atom stereocenters. The molecular formula is C20H30ClN3O2. The highest BCUT2D eigenvalue weighted by Crippen LogP contribution is 2.59. The lowest BCUT2D eigenvalue weighted by atomic mass is 9.91. The minimum absolute atomic E-state index is 0. The number of amides is 2. The van der Waals surface area contributed by atoms with Crippen LogP contribution in [0.4, 0.5) is 0 Å². The highest BCUT2D eigenvalue weighted by atomic mass is 35.5. The molecule has 1 heterocycles. The third kappa shape index (κ3) is 4.21. The standard InChI is InChI=1S/C20H29N3O2.ClH/c1-4-23(19(25)17-13-20(17)9-11-21-12-10-20)14-15-5-7-16(8-6-15)18(24)22(2)3;/h5-8,17,21H,4,9-14H2,1-3H3;1H. The maximum absolute atomic E-state index is 12.9. The number of piperidine rings is 1. The SMILES string of the molecule is CCN(Cc1ccc(C(=O)N(C)C)cc1)C(=O)C1CC12CCNCC2.Cl. The number of hydrogen-bond acceptors (Lipinski definition) is 3. The monoisotopic (exact) mass is 379 g/mol. The van der Waals surface area contributed by atoms with Crippen LogP contribution in [-0.4, -0.2) is 55.3 Å².